The van der Waals surface area contributed by atoms with E-state index >= 15 is 0 Å². The molecule has 0 atom stereocenters. The number of hydrogen-bond acceptors (Lipinski definition) is 4. The number of hydrogen-bond donors (Lipinski definition) is 2. The van der Waals surface area contributed by atoms with Crippen molar-refractivity contribution in [3.05, 3.63) is 53.1 Å². The van der Waals surface area contributed by atoms with Crippen molar-refractivity contribution in [3.8, 4) is 11.5 Å². The van der Waals surface area contributed by atoms with E-state index in [9.17, 15) is 13.2 Å². The molecule has 2 aromatic carbocycles. The Morgan fingerprint density at radius 2 is 1.27 bits per heavy atom. The first kappa shape index (κ1) is 24.0. The van der Waals surface area contributed by atoms with E-state index in [2.05, 4.69) is 10.9 Å². The van der Waals surface area contributed by atoms with Gasteiger partial charge in [0.1, 0.15) is 17.0 Å². The predicted molar refractivity (Wildman–Crippen MR) is 116 cm³/mol. The zero-order chi connectivity index (χ0) is 22.9. The SMILES string of the molecule is Cc1ccc(Oc2c(N(NC(C)(C)C)NC(C)(C)C)cc(C)cc2C(F)(F)F)cc1. The fourth-order valence-electron chi connectivity index (χ4n) is 2.78. The van der Waals surface area contributed by atoms with Crippen molar-refractivity contribution in [3.63, 3.8) is 0 Å². The first-order valence-electron chi connectivity index (χ1n) is 9.87. The monoisotopic (exact) mass is 423 g/mol. The fraction of sp³-hybridized carbons (Fsp3) is 0.478. The summed E-state index contributed by atoms with van der Waals surface area (Å²) in [6, 6.07) is 9.72. The van der Waals surface area contributed by atoms with E-state index in [1.807, 2.05) is 48.5 Å². The Morgan fingerprint density at radius 1 is 0.767 bits per heavy atom. The summed E-state index contributed by atoms with van der Waals surface area (Å²) in [6.45, 7) is 15.2. The van der Waals surface area contributed by atoms with E-state index in [0.717, 1.165) is 11.6 Å². The highest BCUT2D eigenvalue weighted by molar-refractivity contribution is 5.64. The van der Waals surface area contributed by atoms with E-state index in [4.69, 9.17) is 4.74 Å². The third-order valence-electron chi connectivity index (χ3n) is 3.90. The second-order valence-electron chi connectivity index (χ2n) is 9.63. The molecule has 0 spiro atoms. The van der Waals surface area contributed by atoms with Gasteiger partial charge in [-0.3, -0.25) is 0 Å². The molecule has 4 nitrogen and oxygen atoms in total. The van der Waals surface area contributed by atoms with Gasteiger partial charge >= 0.3 is 6.18 Å². The lowest BCUT2D eigenvalue weighted by atomic mass is 10.1. The van der Waals surface area contributed by atoms with Crippen LogP contribution in [-0.4, -0.2) is 11.1 Å². The van der Waals surface area contributed by atoms with Crippen molar-refractivity contribution < 1.29 is 17.9 Å². The lowest BCUT2D eigenvalue weighted by molar-refractivity contribution is -0.138. The minimum absolute atomic E-state index is 0.257. The highest BCUT2D eigenvalue weighted by atomic mass is 19.4. The number of alkyl halides is 3. The summed E-state index contributed by atoms with van der Waals surface area (Å²) in [4.78, 5) is 0. The minimum atomic E-state index is -4.57. The highest BCUT2D eigenvalue weighted by Crippen LogP contribution is 2.44. The van der Waals surface area contributed by atoms with Crippen molar-refractivity contribution in [1.82, 2.24) is 10.9 Å². The molecular formula is C23H32F3N3O. The largest absolute Gasteiger partial charge is 0.454 e. The predicted octanol–water partition coefficient (Wildman–Crippen LogP) is 6.53. The third kappa shape index (κ3) is 6.92. The topological polar surface area (TPSA) is 36.5 Å². The molecule has 0 aromatic heterocycles. The summed E-state index contributed by atoms with van der Waals surface area (Å²) in [5.41, 5.74) is 6.56. The zero-order valence-electron chi connectivity index (χ0n) is 19.0. The molecule has 0 fully saturated rings. The van der Waals surface area contributed by atoms with Gasteiger partial charge in [0.25, 0.3) is 0 Å². The molecule has 0 bridgehead atoms. The molecule has 0 radical (unpaired) electrons. The van der Waals surface area contributed by atoms with E-state index < -0.39 is 22.8 Å². The first-order chi connectivity index (χ1) is 13.5. The van der Waals surface area contributed by atoms with Gasteiger partial charge in [-0.2, -0.15) is 13.2 Å². The molecule has 0 aliphatic rings. The molecule has 2 N–H and O–H groups in total. The van der Waals surface area contributed by atoms with Gasteiger partial charge in [-0.25, -0.2) is 16.0 Å². The molecule has 0 aliphatic heterocycles. The second kappa shape index (κ2) is 8.47. The van der Waals surface area contributed by atoms with Gasteiger partial charge in [0.2, 0.25) is 0 Å². The van der Waals surface area contributed by atoms with Gasteiger partial charge in [0.05, 0.1) is 0 Å². The maximum atomic E-state index is 14.0. The third-order valence-corrected chi connectivity index (χ3v) is 3.90. The van der Waals surface area contributed by atoms with Crippen LogP contribution in [0.2, 0.25) is 0 Å². The quantitative estimate of drug-likeness (QED) is 0.536. The first-order valence-corrected chi connectivity index (χ1v) is 9.87. The molecule has 2 aromatic rings. The number of ether oxygens (including phenoxy) is 1. The van der Waals surface area contributed by atoms with Gasteiger partial charge in [-0.05, 0) is 85.2 Å². The van der Waals surface area contributed by atoms with Crippen molar-refractivity contribution in [1.29, 1.82) is 0 Å². The molecule has 0 saturated carbocycles. The molecule has 166 valence electrons. The number of nitrogens with one attached hydrogen (secondary N) is 2. The van der Waals surface area contributed by atoms with Crippen molar-refractivity contribution in [2.45, 2.75) is 72.6 Å². The molecule has 2 rings (SSSR count). The number of aryl methyl sites for hydroxylation is 2. The number of anilines is 1. The Morgan fingerprint density at radius 3 is 1.70 bits per heavy atom. The number of nitrogens with zero attached hydrogens (tertiary/aromatic N) is 1. The van der Waals surface area contributed by atoms with Crippen LogP contribution in [0.15, 0.2) is 36.4 Å². The second-order valence-corrected chi connectivity index (χ2v) is 9.63. The molecule has 0 amide bonds. The molecule has 7 heteroatoms. The van der Waals surface area contributed by atoms with Gasteiger partial charge in [-0.15, -0.1) is 0 Å². The Bertz CT molecular complexity index is 847. The molecule has 30 heavy (non-hydrogen) atoms. The van der Waals surface area contributed by atoms with Crippen LogP contribution in [-0.2, 0) is 6.18 Å². The highest BCUT2D eigenvalue weighted by Gasteiger charge is 2.38. The standard InChI is InChI=1S/C23H32F3N3O/c1-15-9-11-17(12-10-15)30-20-18(23(24,25)26)13-16(2)14-19(20)29(27-21(3,4)5)28-22(6,7)8/h9-14,27-28H,1-8H3. The lowest BCUT2D eigenvalue weighted by Gasteiger charge is -2.39. The minimum Gasteiger partial charge on any atom is -0.454 e. The number of benzene rings is 2. The number of halogens is 3. The van der Waals surface area contributed by atoms with Crippen molar-refractivity contribution in [2.24, 2.45) is 0 Å². The normalized spacial score (nSPS) is 12.8. The van der Waals surface area contributed by atoms with Gasteiger partial charge in [-0.1, -0.05) is 17.7 Å². The van der Waals surface area contributed by atoms with Crippen LogP contribution in [0.5, 0.6) is 11.5 Å². The van der Waals surface area contributed by atoms with Gasteiger partial charge in [0.15, 0.2) is 5.75 Å². The van der Waals surface area contributed by atoms with Gasteiger partial charge in [0, 0.05) is 11.1 Å². The molecule has 0 saturated heterocycles. The number of rotatable bonds is 5. The van der Waals surface area contributed by atoms with E-state index in [-0.39, 0.29) is 11.4 Å². The van der Waals surface area contributed by atoms with Crippen LogP contribution in [0.25, 0.3) is 0 Å². The van der Waals surface area contributed by atoms with E-state index in [1.165, 1.54) is 5.12 Å². The summed E-state index contributed by atoms with van der Waals surface area (Å²) in [6.07, 6.45) is -4.57. The molecule has 0 unspecified atom stereocenters. The average Bonchev–Trinajstić information content (AvgIpc) is 2.54. The Kier molecular flexibility index (Phi) is 6.79. The van der Waals surface area contributed by atoms with Gasteiger partial charge < -0.3 is 4.74 Å². The maximum absolute atomic E-state index is 14.0. The summed E-state index contributed by atoms with van der Waals surface area (Å²) in [7, 11) is 0. The summed E-state index contributed by atoms with van der Waals surface area (Å²) in [5, 5.41) is 1.53. The zero-order valence-corrected chi connectivity index (χ0v) is 19.0. The van der Waals surface area contributed by atoms with E-state index in [0.29, 0.717) is 11.3 Å². The smallest absolute Gasteiger partial charge is 0.420 e. The summed E-state index contributed by atoms with van der Waals surface area (Å²) in [5.74, 6) is 0.0770. The van der Waals surface area contributed by atoms with Crippen LogP contribution < -0.4 is 20.7 Å². The van der Waals surface area contributed by atoms with Crippen LogP contribution >= 0.6 is 0 Å². The molecule has 0 heterocycles. The Labute approximate surface area is 177 Å². The van der Waals surface area contributed by atoms with Crippen molar-refractivity contribution in [2.75, 3.05) is 5.12 Å². The maximum Gasteiger partial charge on any atom is 0.420 e. The molecule has 0 aliphatic carbocycles. The fourth-order valence-corrected chi connectivity index (χ4v) is 2.78. The molecular weight excluding hydrogens is 391 g/mol. The number of hydrazine groups is 2. The summed E-state index contributed by atoms with van der Waals surface area (Å²) >= 11 is 0. The summed E-state index contributed by atoms with van der Waals surface area (Å²) < 4.78 is 47.8. The Hall–Kier alpha value is -2.25. The van der Waals surface area contributed by atoms with Crippen LogP contribution in [0.1, 0.15) is 58.2 Å². The van der Waals surface area contributed by atoms with E-state index in [1.54, 1.807) is 37.3 Å². The van der Waals surface area contributed by atoms with Crippen LogP contribution in [0.4, 0.5) is 18.9 Å². The Balaban J connectivity index is 2.70. The lowest BCUT2D eigenvalue weighted by Crippen LogP contribution is -2.61. The average molecular weight is 424 g/mol. The van der Waals surface area contributed by atoms with Crippen LogP contribution in [0, 0.1) is 13.8 Å². The van der Waals surface area contributed by atoms with Crippen molar-refractivity contribution >= 4 is 5.69 Å². The van der Waals surface area contributed by atoms with Crippen LogP contribution in [0.3, 0.4) is 0 Å².